The molecule has 0 unspecified atom stereocenters. The van der Waals surface area contributed by atoms with E-state index in [4.69, 9.17) is 0 Å². The van der Waals surface area contributed by atoms with Gasteiger partial charge in [-0.3, -0.25) is 10.1 Å². The topological polar surface area (TPSA) is 87.2 Å². The Hall–Kier alpha value is -2.13. The van der Waals surface area contributed by atoms with Crippen LogP contribution in [0.15, 0.2) is 28.6 Å². The Morgan fingerprint density at radius 3 is 2.81 bits per heavy atom. The van der Waals surface area contributed by atoms with Gasteiger partial charge in [-0.15, -0.1) is 10.2 Å². The number of carbonyl (C=O) groups is 2. The molecule has 0 saturated carbocycles. The Labute approximate surface area is 160 Å². The highest BCUT2D eigenvalue weighted by Crippen LogP contribution is 2.30. The maximum Gasteiger partial charge on any atom is 0.321 e. The Morgan fingerprint density at radius 1 is 1.27 bits per heavy atom. The molecule has 0 atom stereocenters. The van der Waals surface area contributed by atoms with Crippen molar-refractivity contribution in [2.45, 2.75) is 37.1 Å². The van der Waals surface area contributed by atoms with Gasteiger partial charge in [0.25, 0.3) is 0 Å². The van der Waals surface area contributed by atoms with E-state index < -0.39 is 0 Å². The highest BCUT2D eigenvalue weighted by molar-refractivity contribution is 8.01. The number of para-hydroxylation sites is 1. The van der Waals surface area contributed by atoms with Gasteiger partial charge in [0.2, 0.25) is 11.0 Å². The Bertz CT molecular complexity index is 815. The third kappa shape index (κ3) is 4.73. The lowest BCUT2D eigenvalue weighted by Gasteiger charge is -2.19. The van der Waals surface area contributed by atoms with Crippen LogP contribution in [0, 0.1) is 0 Å². The number of urea groups is 1. The molecule has 3 amide bonds. The van der Waals surface area contributed by atoms with E-state index in [2.05, 4.69) is 26.9 Å². The molecule has 3 rings (SSSR count). The van der Waals surface area contributed by atoms with Crippen LogP contribution in [0.5, 0.6) is 0 Å². The fourth-order valence-electron chi connectivity index (χ4n) is 2.59. The highest BCUT2D eigenvalue weighted by atomic mass is 32.2. The number of rotatable bonds is 4. The second kappa shape index (κ2) is 7.63. The predicted octanol–water partition coefficient (Wildman–Crippen LogP) is 3.14. The van der Waals surface area contributed by atoms with Crippen molar-refractivity contribution in [2.75, 3.05) is 22.5 Å². The van der Waals surface area contributed by atoms with Gasteiger partial charge in [0.1, 0.15) is 0 Å². The lowest BCUT2D eigenvalue weighted by Crippen LogP contribution is -2.43. The number of benzene rings is 1. The molecule has 0 fully saturated rings. The quantitative estimate of drug-likeness (QED) is 0.618. The van der Waals surface area contributed by atoms with Gasteiger partial charge in [-0.05, 0) is 38.8 Å². The standard InChI is InChI=1S/C17H21N5O2S2/c1-17(2,3)19-14(24)18-15-20-21-16(26-15)25-10-13(23)22-9-8-11-6-4-5-7-12(11)22/h4-7H,8-10H2,1-3H3,(H2,18,19,20,24). The zero-order chi connectivity index (χ0) is 18.7. The first kappa shape index (κ1) is 18.7. The molecule has 2 heterocycles. The van der Waals surface area contributed by atoms with E-state index in [1.165, 1.54) is 28.7 Å². The molecule has 7 nitrogen and oxygen atoms in total. The number of nitrogens with zero attached hydrogens (tertiary/aromatic N) is 3. The van der Waals surface area contributed by atoms with E-state index in [0.29, 0.717) is 16.0 Å². The SMILES string of the molecule is CC(C)(C)NC(=O)Nc1nnc(SCC(=O)N2CCc3ccccc32)s1. The average Bonchev–Trinajstić information content (AvgIpc) is 3.17. The van der Waals surface area contributed by atoms with Crippen LogP contribution in [0.4, 0.5) is 15.6 Å². The van der Waals surface area contributed by atoms with Crippen molar-refractivity contribution in [1.29, 1.82) is 0 Å². The van der Waals surface area contributed by atoms with Crippen molar-refractivity contribution in [1.82, 2.24) is 15.5 Å². The van der Waals surface area contributed by atoms with Crippen LogP contribution in [-0.4, -0.2) is 40.0 Å². The third-order valence-electron chi connectivity index (χ3n) is 3.62. The number of hydrogen-bond acceptors (Lipinski definition) is 6. The molecule has 138 valence electrons. The summed E-state index contributed by atoms with van der Waals surface area (Å²) in [5, 5.41) is 13.8. The Morgan fingerprint density at radius 2 is 2.04 bits per heavy atom. The first-order valence-corrected chi connectivity index (χ1v) is 10.1. The van der Waals surface area contributed by atoms with E-state index >= 15 is 0 Å². The number of amides is 3. The predicted molar refractivity (Wildman–Crippen MR) is 105 cm³/mol. The fourth-order valence-corrected chi connectivity index (χ4v) is 4.21. The van der Waals surface area contributed by atoms with Crippen molar-refractivity contribution in [2.24, 2.45) is 0 Å². The minimum atomic E-state index is -0.329. The monoisotopic (exact) mass is 391 g/mol. The largest absolute Gasteiger partial charge is 0.333 e. The van der Waals surface area contributed by atoms with Crippen molar-refractivity contribution < 1.29 is 9.59 Å². The van der Waals surface area contributed by atoms with E-state index in [9.17, 15) is 9.59 Å². The summed E-state index contributed by atoms with van der Waals surface area (Å²) in [6, 6.07) is 7.65. The average molecular weight is 392 g/mol. The summed E-state index contributed by atoms with van der Waals surface area (Å²) < 4.78 is 0.650. The molecule has 0 saturated heterocycles. The zero-order valence-electron chi connectivity index (χ0n) is 14.9. The summed E-state index contributed by atoms with van der Waals surface area (Å²) in [4.78, 5) is 26.2. The summed E-state index contributed by atoms with van der Waals surface area (Å²) in [5.41, 5.74) is 1.87. The van der Waals surface area contributed by atoms with Crippen LogP contribution in [0.1, 0.15) is 26.3 Å². The summed E-state index contributed by atoms with van der Waals surface area (Å²) in [6.45, 7) is 6.41. The van der Waals surface area contributed by atoms with E-state index in [0.717, 1.165) is 12.1 Å². The third-order valence-corrected chi connectivity index (χ3v) is 5.58. The molecule has 1 aromatic heterocycles. The normalized spacial score (nSPS) is 13.4. The fraction of sp³-hybridized carbons (Fsp3) is 0.412. The van der Waals surface area contributed by atoms with Crippen molar-refractivity contribution in [3.63, 3.8) is 0 Å². The summed E-state index contributed by atoms with van der Waals surface area (Å²) >= 11 is 2.59. The van der Waals surface area contributed by atoms with Gasteiger partial charge < -0.3 is 10.2 Å². The Balaban J connectivity index is 1.52. The highest BCUT2D eigenvalue weighted by Gasteiger charge is 2.24. The van der Waals surface area contributed by atoms with E-state index in [1.54, 1.807) is 0 Å². The van der Waals surface area contributed by atoms with Gasteiger partial charge >= 0.3 is 6.03 Å². The van der Waals surface area contributed by atoms with Crippen LogP contribution < -0.4 is 15.5 Å². The number of thioether (sulfide) groups is 1. The second-order valence-electron chi connectivity index (χ2n) is 6.92. The van der Waals surface area contributed by atoms with Gasteiger partial charge in [-0.25, -0.2) is 4.79 Å². The summed E-state index contributed by atoms with van der Waals surface area (Å²) in [7, 11) is 0. The maximum atomic E-state index is 12.5. The molecule has 0 radical (unpaired) electrons. The van der Waals surface area contributed by atoms with Gasteiger partial charge in [-0.1, -0.05) is 41.3 Å². The van der Waals surface area contributed by atoms with E-state index in [1.807, 2.05) is 43.9 Å². The van der Waals surface area contributed by atoms with Crippen molar-refractivity contribution in [3.05, 3.63) is 29.8 Å². The van der Waals surface area contributed by atoms with Crippen LogP contribution in [-0.2, 0) is 11.2 Å². The van der Waals surface area contributed by atoms with Crippen LogP contribution in [0.3, 0.4) is 0 Å². The number of fused-ring (bicyclic) bond motifs is 1. The zero-order valence-corrected chi connectivity index (χ0v) is 16.5. The number of anilines is 2. The molecule has 2 N–H and O–H groups in total. The smallest absolute Gasteiger partial charge is 0.321 e. The maximum absolute atomic E-state index is 12.5. The van der Waals surface area contributed by atoms with Crippen LogP contribution in [0.25, 0.3) is 0 Å². The van der Waals surface area contributed by atoms with E-state index in [-0.39, 0.29) is 23.2 Å². The molecule has 1 aromatic carbocycles. The lowest BCUT2D eigenvalue weighted by atomic mass is 10.1. The molecule has 1 aliphatic rings. The molecule has 0 spiro atoms. The number of aromatic nitrogens is 2. The van der Waals surface area contributed by atoms with Gasteiger partial charge in [0.05, 0.1) is 5.75 Å². The van der Waals surface area contributed by atoms with Crippen LogP contribution in [0.2, 0.25) is 0 Å². The van der Waals surface area contributed by atoms with Gasteiger partial charge in [0.15, 0.2) is 4.34 Å². The molecule has 2 aromatic rings. The number of carbonyl (C=O) groups excluding carboxylic acids is 2. The Kier molecular flexibility index (Phi) is 5.47. The van der Waals surface area contributed by atoms with Crippen molar-refractivity contribution in [3.8, 4) is 0 Å². The molecular weight excluding hydrogens is 370 g/mol. The van der Waals surface area contributed by atoms with Crippen molar-refractivity contribution >= 4 is 45.9 Å². The summed E-state index contributed by atoms with van der Waals surface area (Å²) in [5.74, 6) is 0.340. The first-order valence-electron chi connectivity index (χ1n) is 8.25. The first-order chi connectivity index (χ1) is 12.3. The molecule has 0 aliphatic carbocycles. The van der Waals surface area contributed by atoms with Gasteiger partial charge in [0, 0.05) is 17.8 Å². The molecule has 0 bridgehead atoms. The molecular formula is C17H21N5O2S2. The minimum absolute atomic E-state index is 0.0511. The van der Waals surface area contributed by atoms with Gasteiger partial charge in [-0.2, -0.15) is 0 Å². The van der Waals surface area contributed by atoms with Crippen LogP contribution >= 0.6 is 23.1 Å². The molecule has 9 heteroatoms. The number of nitrogens with one attached hydrogen (secondary N) is 2. The molecule has 1 aliphatic heterocycles. The summed E-state index contributed by atoms with van der Waals surface area (Å²) in [6.07, 6.45) is 0.891. The second-order valence-corrected chi connectivity index (χ2v) is 9.11. The molecule has 26 heavy (non-hydrogen) atoms. The number of hydrogen-bond donors (Lipinski definition) is 2. The lowest BCUT2D eigenvalue weighted by molar-refractivity contribution is -0.116. The minimum Gasteiger partial charge on any atom is -0.333 e.